The molecule has 7 heteroatoms. The second-order valence-electron chi connectivity index (χ2n) is 4.31. The summed E-state index contributed by atoms with van der Waals surface area (Å²) >= 11 is 0. The molecule has 0 saturated heterocycles. The fourth-order valence-corrected chi connectivity index (χ4v) is 1.77. The maximum atomic E-state index is 12.8. The topological polar surface area (TPSA) is 88.2 Å². The molecule has 0 spiro atoms. The van der Waals surface area contributed by atoms with Crippen LogP contribution in [0.3, 0.4) is 0 Å². The maximum Gasteiger partial charge on any atom is 0.358 e. The van der Waals surface area contributed by atoms with Gasteiger partial charge in [-0.05, 0) is 30.2 Å². The highest BCUT2D eigenvalue weighted by atomic mass is 19.1. The molecule has 2 rings (SSSR count). The van der Waals surface area contributed by atoms with E-state index < -0.39 is 5.97 Å². The van der Waals surface area contributed by atoms with Crippen LogP contribution < -0.4 is 0 Å². The van der Waals surface area contributed by atoms with E-state index >= 15 is 0 Å². The molecule has 0 radical (unpaired) electrons. The number of aryl methyl sites for hydroxylation is 1. The van der Waals surface area contributed by atoms with Crippen LogP contribution in [-0.2, 0) is 6.54 Å². The van der Waals surface area contributed by atoms with Crippen LogP contribution in [0.4, 0.5) is 4.39 Å². The second-order valence-corrected chi connectivity index (χ2v) is 4.31. The Hall–Kier alpha value is -2.54. The highest BCUT2D eigenvalue weighted by Gasteiger charge is 2.16. The highest BCUT2D eigenvalue weighted by molar-refractivity contribution is 5.90. The molecule has 110 valence electrons. The van der Waals surface area contributed by atoms with Crippen molar-refractivity contribution in [3.8, 4) is 0 Å². The number of rotatable bonds is 6. The van der Waals surface area contributed by atoms with Gasteiger partial charge in [0.1, 0.15) is 5.82 Å². The van der Waals surface area contributed by atoms with Crippen molar-refractivity contribution in [3.05, 3.63) is 47.0 Å². The van der Waals surface area contributed by atoms with Gasteiger partial charge in [-0.25, -0.2) is 13.9 Å². The molecule has 0 unspecified atom stereocenters. The molecule has 0 aliphatic rings. The maximum absolute atomic E-state index is 12.8. The summed E-state index contributed by atoms with van der Waals surface area (Å²) in [4.78, 5) is 11.1. The Labute approximate surface area is 120 Å². The van der Waals surface area contributed by atoms with Gasteiger partial charge in [0.15, 0.2) is 5.69 Å². The van der Waals surface area contributed by atoms with E-state index in [1.165, 1.54) is 16.8 Å². The van der Waals surface area contributed by atoms with E-state index in [4.69, 9.17) is 10.2 Å². The van der Waals surface area contributed by atoms with Crippen LogP contribution in [0, 0.1) is 5.82 Å². The van der Waals surface area contributed by atoms with E-state index in [1.807, 2.05) is 0 Å². The van der Waals surface area contributed by atoms with Gasteiger partial charge in [0.25, 0.3) is 0 Å². The predicted octanol–water partition coefficient (Wildman–Crippen LogP) is 1.67. The van der Waals surface area contributed by atoms with Crippen molar-refractivity contribution in [3.63, 3.8) is 0 Å². The average Bonchev–Trinajstić information content (AvgIpc) is 2.87. The quantitative estimate of drug-likeness (QED) is 0.845. The van der Waals surface area contributed by atoms with Crippen molar-refractivity contribution in [2.45, 2.75) is 13.0 Å². The van der Waals surface area contributed by atoms with Crippen molar-refractivity contribution in [2.75, 3.05) is 6.61 Å². The van der Waals surface area contributed by atoms with Gasteiger partial charge in [0, 0.05) is 13.2 Å². The predicted molar refractivity (Wildman–Crippen MR) is 74.0 cm³/mol. The molecule has 6 nitrogen and oxygen atoms in total. The summed E-state index contributed by atoms with van der Waals surface area (Å²) in [5.74, 6) is -1.52. The lowest BCUT2D eigenvalue weighted by molar-refractivity contribution is 0.0690. The van der Waals surface area contributed by atoms with Crippen LogP contribution in [0.1, 0.15) is 28.2 Å². The SMILES string of the molecule is O=C(O)c1nnn(CCCO)c1/C=C/c1ccc(F)cc1. The standard InChI is InChI=1S/C14H14FN3O3/c15-11-5-2-10(3-6-11)4-7-12-13(14(20)21)16-17-18(12)8-1-9-19/h2-7,19H,1,8-9H2,(H,20,21)/b7-4+. The molecule has 0 amide bonds. The molecule has 0 aliphatic carbocycles. The Bertz CT molecular complexity index is 650. The Balaban J connectivity index is 2.29. The lowest BCUT2D eigenvalue weighted by Gasteiger charge is -2.02. The van der Waals surface area contributed by atoms with Crippen molar-refractivity contribution in [2.24, 2.45) is 0 Å². The van der Waals surface area contributed by atoms with Gasteiger partial charge >= 0.3 is 5.97 Å². The van der Waals surface area contributed by atoms with Gasteiger partial charge in [0.2, 0.25) is 0 Å². The van der Waals surface area contributed by atoms with E-state index in [0.717, 1.165) is 5.56 Å². The molecule has 21 heavy (non-hydrogen) atoms. The minimum atomic E-state index is -1.18. The molecule has 0 aliphatic heterocycles. The number of aromatic nitrogens is 3. The number of carboxylic acid groups (broad SMARTS) is 1. The summed E-state index contributed by atoms with van der Waals surface area (Å²) in [7, 11) is 0. The van der Waals surface area contributed by atoms with Crippen LogP contribution >= 0.6 is 0 Å². The normalized spacial score (nSPS) is 11.1. The van der Waals surface area contributed by atoms with Crippen LogP contribution in [0.25, 0.3) is 12.2 Å². The Morgan fingerprint density at radius 2 is 2.00 bits per heavy atom. The van der Waals surface area contributed by atoms with Crippen molar-refractivity contribution < 1.29 is 19.4 Å². The van der Waals surface area contributed by atoms with Crippen LogP contribution in [0.15, 0.2) is 24.3 Å². The fraction of sp³-hybridized carbons (Fsp3) is 0.214. The molecule has 2 N–H and O–H groups in total. The minimum Gasteiger partial charge on any atom is -0.476 e. The van der Waals surface area contributed by atoms with Crippen LogP contribution in [-0.4, -0.2) is 37.8 Å². The molecule has 0 atom stereocenters. The summed E-state index contributed by atoms with van der Waals surface area (Å²) in [6.07, 6.45) is 3.66. The summed E-state index contributed by atoms with van der Waals surface area (Å²) in [5.41, 5.74) is 0.897. The first-order chi connectivity index (χ1) is 10.1. The van der Waals surface area contributed by atoms with Gasteiger partial charge in [0.05, 0.1) is 5.69 Å². The number of hydrogen-bond acceptors (Lipinski definition) is 4. The van der Waals surface area contributed by atoms with E-state index in [9.17, 15) is 9.18 Å². The Morgan fingerprint density at radius 3 is 2.62 bits per heavy atom. The third-order valence-corrected chi connectivity index (χ3v) is 2.81. The first-order valence-corrected chi connectivity index (χ1v) is 6.33. The molecule has 1 heterocycles. The van der Waals surface area contributed by atoms with Crippen molar-refractivity contribution in [1.82, 2.24) is 15.0 Å². The van der Waals surface area contributed by atoms with Crippen LogP contribution in [0.2, 0.25) is 0 Å². The minimum absolute atomic E-state index is 0.0244. The monoisotopic (exact) mass is 291 g/mol. The number of nitrogens with zero attached hydrogens (tertiary/aromatic N) is 3. The van der Waals surface area contributed by atoms with Crippen molar-refractivity contribution >= 4 is 18.1 Å². The summed E-state index contributed by atoms with van der Waals surface area (Å²) < 4.78 is 14.2. The van der Waals surface area contributed by atoms with Gasteiger partial charge < -0.3 is 10.2 Å². The zero-order chi connectivity index (χ0) is 15.2. The third-order valence-electron chi connectivity index (χ3n) is 2.81. The van der Waals surface area contributed by atoms with E-state index in [1.54, 1.807) is 24.3 Å². The van der Waals surface area contributed by atoms with E-state index in [2.05, 4.69) is 10.3 Å². The Morgan fingerprint density at radius 1 is 1.29 bits per heavy atom. The number of hydrogen-bond donors (Lipinski definition) is 2. The van der Waals surface area contributed by atoms with Gasteiger partial charge in [-0.2, -0.15) is 0 Å². The van der Waals surface area contributed by atoms with Gasteiger partial charge in [-0.1, -0.05) is 23.4 Å². The van der Waals surface area contributed by atoms with Gasteiger partial charge in [-0.15, -0.1) is 5.10 Å². The average molecular weight is 291 g/mol. The Kier molecular flexibility index (Phi) is 4.78. The lowest BCUT2D eigenvalue weighted by Crippen LogP contribution is -2.06. The lowest BCUT2D eigenvalue weighted by atomic mass is 10.2. The highest BCUT2D eigenvalue weighted by Crippen LogP contribution is 2.12. The second kappa shape index (κ2) is 6.76. The molecule has 0 bridgehead atoms. The number of carbonyl (C=O) groups is 1. The first-order valence-electron chi connectivity index (χ1n) is 6.33. The fourth-order valence-electron chi connectivity index (χ4n) is 1.77. The van der Waals surface area contributed by atoms with E-state index in [0.29, 0.717) is 18.7 Å². The number of aliphatic hydroxyl groups is 1. The number of aliphatic hydroxyl groups excluding tert-OH is 1. The first kappa shape index (κ1) is 14.9. The van der Waals surface area contributed by atoms with Crippen LogP contribution in [0.5, 0.6) is 0 Å². The number of benzene rings is 1. The number of halogens is 1. The molecule has 2 aromatic rings. The zero-order valence-corrected chi connectivity index (χ0v) is 11.1. The molecular formula is C14H14FN3O3. The summed E-state index contributed by atoms with van der Waals surface area (Å²) in [6.45, 7) is 0.337. The molecule has 1 aromatic carbocycles. The number of carboxylic acids is 1. The smallest absolute Gasteiger partial charge is 0.358 e. The summed E-state index contributed by atoms with van der Waals surface area (Å²) in [6, 6.07) is 5.79. The molecule has 0 saturated carbocycles. The molecular weight excluding hydrogens is 277 g/mol. The largest absolute Gasteiger partial charge is 0.476 e. The molecule has 0 fully saturated rings. The number of aromatic carboxylic acids is 1. The zero-order valence-electron chi connectivity index (χ0n) is 11.1. The van der Waals surface area contributed by atoms with E-state index in [-0.39, 0.29) is 18.1 Å². The molecule has 1 aromatic heterocycles. The van der Waals surface area contributed by atoms with Gasteiger partial charge in [-0.3, -0.25) is 0 Å². The van der Waals surface area contributed by atoms with Crippen molar-refractivity contribution in [1.29, 1.82) is 0 Å². The summed E-state index contributed by atoms with van der Waals surface area (Å²) in [5, 5.41) is 25.3. The third kappa shape index (κ3) is 3.73.